The molecule has 154 valence electrons. The van der Waals surface area contributed by atoms with Crippen molar-refractivity contribution < 1.29 is 22.0 Å². The van der Waals surface area contributed by atoms with Crippen LogP contribution < -0.4 is 10.0 Å². The zero-order valence-corrected chi connectivity index (χ0v) is 16.7. The molecule has 7 nitrogen and oxygen atoms in total. The molecule has 4 rings (SSSR count). The zero-order chi connectivity index (χ0) is 21.3. The number of anilines is 1. The number of hydrogen-bond donors (Lipinski definition) is 3. The fraction of sp³-hybridized carbons (Fsp3) is 0.0952. The van der Waals surface area contributed by atoms with Gasteiger partial charge in [0.15, 0.2) is 0 Å². The average molecular weight is 427 g/mol. The molecule has 0 saturated heterocycles. The van der Waals surface area contributed by atoms with E-state index < -0.39 is 27.8 Å². The largest absolute Gasteiger partial charge is 0.459 e. The molecule has 0 spiro atoms. The molecule has 4 aromatic rings. The molecular weight excluding hydrogens is 409 g/mol. The van der Waals surface area contributed by atoms with Gasteiger partial charge in [-0.25, -0.2) is 12.8 Å². The van der Waals surface area contributed by atoms with Gasteiger partial charge in [0.25, 0.3) is 15.9 Å². The Morgan fingerprint density at radius 3 is 2.60 bits per heavy atom. The van der Waals surface area contributed by atoms with Gasteiger partial charge in [0.05, 0.1) is 11.7 Å². The minimum atomic E-state index is -4.07. The summed E-state index contributed by atoms with van der Waals surface area (Å²) in [6.45, 7) is 1.76. The predicted molar refractivity (Wildman–Crippen MR) is 110 cm³/mol. The topological polar surface area (TPSA) is 104 Å². The molecule has 0 radical (unpaired) electrons. The summed E-state index contributed by atoms with van der Waals surface area (Å²) < 4.78 is 46.6. The highest BCUT2D eigenvalue weighted by Gasteiger charge is 2.21. The summed E-state index contributed by atoms with van der Waals surface area (Å²) in [4.78, 5) is 15.0. The van der Waals surface area contributed by atoms with Gasteiger partial charge in [0.1, 0.15) is 27.7 Å². The number of aromatic amines is 1. The van der Waals surface area contributed by atoms with E-state index in [1.54, 1.807) is 6.92 Å². The summed E-state index contributed by atoms with van der Waals surface area (Å²) in [5.41, 5.74) is 0.580. The van der Waals surface area contributed by atoms with Crippen molar-refractivity contribution in [2.24, 2.45) is 0 Å². The molecule has 1 amide bonds. The van der Waals surface area contributed by atoms with Crippen molar-refractivity contribution in [1.82, 2.24) is 10.3 Å². The van der Waals surface area contributed by atoms with E-state index in [0.717, 1.165) is 11.5 Å². The van der Waals surface area contributed by atoms with E-state index in [9.17, 15) is 17.6 Å². The Bertz CT molecular complexity index is 1290. The lowest BCUT2D eigenvalue weighted by atomic mass is 10.2. The molecule has 0 aliphatic rings. The number of hydrogen-bond acceptors (Lipinski definition) is 4. The molecule has 0 bridgehead atoms. The minimum absolute atomic E-state index is 0.0480. The number of para-hydroxylation sites is 2. The van der Waals surface area contributed by atoms with E-state index in [1.807, 2.05) is 30.3 Å². The highest BCUT2D eigenvalue weighted by Crippen LogP contribution is 2.24. The Hall–Kier alpha value is -3.59. The highest BCUT2D eigenvalue weighted by atomic mass is 32.2. The molecule has 1 atom stereocenters. The zero-order valence-electron chi connectivity index (χ0n) is 15.8. The number of nitrogens with one attached hydrogen (secondary N) is 3. The Balaban J connectivity index is 1.48. The van der Waals surface area contributed by atoms with Crippen molar-refractivity contribution in [1.29, 1.82) is 0 Å². The molecule has 0 fully saturated rings. The molecule has 2 aromatic heterocycles. The maximum atomic E-state index is 13.7. The fourth-order valence-corrected chi connectivity index (χ4v) is 4.03. The third kappa shape index (κ3) is 3.92. The van der Waals surface area contributed by atoms with Crippen LogP contribution in [0, 0.1) is 5.82 Å². The van der Waals surface area contributed by atoms with Gasteiger partial charge in [-0.05, 0) is 37.3 Å². The summed E-state index contributed by atoms with van der Waals surface area (Å²) in [5, 5.41) is 3.68. The maximum absolute atomic E-state index is 13.7. The van der Waals surface area contributed by atoms with Gasteiger partial charge >= 0.3 is 0 Å². The minimum Gasteiger partial charge on any atom is -0.459 e. The Labute approximate surface area is 172 Å². The van der Waals surface area contributed by atoms with E-state index in [2.05, 4.69) is 15.0 Å². The van der Waals surface area contributed by atoms with Crippen molar-refractivity contribution in [2.45, 2.75) is 17.9 Å². The van der Waals surface area contributed by atoms with Crippen LogP contribution in [-0.4, -0.2) is 19.3 Å². The molecule has 0 aliphatic carbocycles. The second kappa shape index (κ2) is 7.68. The molecule has 30 heavy (non-hydrogen) atoms. The number of amides is 1. The number of H-pyrrole nitrogens is 1. The number of carbonyl (C=O) groups is 1. The molecule has 9 heteroatoms. The van der Waals surface area contributed by atoms with Gasteiger partial charge in [-0.1, -0.05) is 30.3 Å². The van der Waals surface area contributed by atoms with E-state index >= 15 is 0 Å². The number of fused-ring (bicyclic) bond motifs is 1. The Morgan fingerprint density at radius 2 is 1.83 bits per heavy atom. The van der Waals surface area contributed by atoms with Gasteiger partial charge < -0.3 is 14.7 Å². The lowest BCUT2D eigenvalue weighted by molar-refractivity contribution is 0.0931. The van der Waals surface area contributed by atoms with Crippen molar-refractivity contribution in [2.75, 3.05) is 4.72 Å². The van der Waals surface area contributed by atoms with Crippen LogP contribution in [0.2, 0.25) is 0 Å². The fourth-order valence-electron chi connectivity index (χ4n) is 2.97. The number of sulfonamides is 1. The average Bonchev–Trinajstić information content (AvgIpc) is 3.37. The van der Waals surface area contributed by atoms with Gasteiger partial charge in [-0.3, -0.25) is 9.52 Å². The van der Waals surface area contributed by atoms with Crippen molar-refractivity contribution in [3.05, 3.63) is 84.1 Å². The summed E-state index contributed by atoms with van der Waals surface area (Å²) in [7, 11) is -4.07. The first-order chi connectivity index (χ1) is 14.3. The molecule has 3 N–H and O–H groups in total. The van der Waals surface area contributed by atoms with Crippen LogP contribution >= 0.6 is 0 Å². The molecular formula is C21H18FN3O4S. The first-order valence-corrected chi connectivity index (χ1v) is 10.6. The quantitative estimate of drug-likeness (QED) is 0.429. The Kier molecular flexibility index (Phi) is 5.04. The number of carbonyl (C=O) groups excluding carboxylic acids is 1. The van der Waals surface area contributed by atoms with Crippen LogP contribution in [0.5, 0.6) is 0 Å². The summed E-state index contributed by atoms with van der Waals surface area (Å²) in [5.74, 6) is -0.630. The second-order valence-electron chi connectivity index (χ2n) is 6.72. The van der Waals surface area contributed by atoms with E-state index in [0.29, 0.717) is 11.3 Å². The van der Waals surface area contributed by atoms with Crippen molar-refractivity contribution in [3.63, 3.8) is 0 Å². The summed E-state index contributed by atoms with van der Waals surface area (Å²) >= 11 is 0. The summed E-state index contributed by atoms with van der Waals surface area (Å²) in [6.07, 6.45) is 1.17. The summed E-state index contributed by atoms with van der Waals surface area (Å²) in [6, 6.07) is 15.5. The molecule has 2 aromatic carbocycles. The first-order valence-electron chi connectivity index (χ1n) is 9.08. The van der Waals surface area contributed by atoms with Crippen LogP contribution in [0.25, 0.3) is 11.0 Å². The van der Waals surface area contributed by atoms with E-state index in [4.69, 9.17) is 4.42 Å². The van der Waals surface area contributed by atoms with Crippen molar-refractivity contribution in [3.8, 4) is 0 Å². The third-order valence-corrected chi connectivity index (χ3v) is 5.89. The Morgan fingerprint density at radius 1 is 1.10 bits per heavy atom. The maximum Gasteiger partial charge on any atom is 0.268 e. The van der Waals surface area contributed by atoms with Gasteiger partial charge in [0.2, 0.25) is 0 Å². The van der Waals surface area contributed by atoms with Crippen LogP contribution in [0.1, 0.15) is 29.2 Å². The molecule has 2 heterocycles. The lowest BCUT2D eigenvalue weighted by Gasteiger charge is -2.10. The first kappa shape index (κ1) is 19.7. The van der Waals surface area contributed by atoms with Crippen LogP contribution in [0.3, 0.4) is 0 Å². The normalized spacial score (nSPS) is 12.6. The van der Waals surface area contributed by atoms with Gasteiger partial charge in [0, 0.05) is 11.6 Å². The SMILES string of the molecule is CC(NC(=O)c1cc(S(=O)(=O)Nc2ccccc2F)c[nH]1)c1cc2ccccc2o1. The van der Waals surface area contributed by atoms with Crippen LogP contribution in [-0.2, 0) is 10.0 Å². The van der Waals surface area contributed by atoms with Crippen molar-refractivity contribution >= 4 is 32.6 Å². The van der Waals surface area contributed by atoms with Gasteiger partial charge in [-0.2, -0.15) is 0 Å². The van der Waals surface area contributed by atoms with E-state index in [-0.39, 0.29) is 16.3 Å². The number of rotatable bonds is 6. The molecule has 1 unspecified atom stereocenters. The number of furan rings is 1. The third-order valence-electron chi connectivity index (χ3n) is 4.55. The lowest BCUT2D eigenvalue weighted by Crippen LogP contribution is -2.26. The number of benzene rings is 2. The molecule has 0 saturated carbocycles. The molecule has 0 aliphatic heterocycles. The van der Waals surface area contributed by atoms with Gasteiger partial charge in [-0.15, -0.1) is 0 Å². The smallest absolute Gasteiger partial charge is 0.268 e. The van der Waals surface area contributed by atoms with Crippen LogP contribution in [0.4, 0.5) is 10.1 Å². The second-order valence-corrected chi connectivity index (χ2v) is 8.40. The standard InChI is InChI=1S/C21H18FN3O4S/c1-13(20-10-14-6-2-5-9-19(14)29-20)24-21(26)18-11-15(12-23-18)30(27,28)25-17-8-4-3-7-16(17)22/h2-13,23,25H,1H3,(H,24,26). The highest BCUT2D eigenvalue weighted by molar-refractivity contribution is 7.92. The number of aromatic nitrogens is 1. The number of halogens is 1. The van der Waals surface area contributed by atoms with E-state index in [1.165, 1.54) is 30.5 Å². The van der Waals surface area contributed by atoms with Crippen LogP contribution in [0.15, 0.2) is 76.2 Å². The predicted octanol–water partition coefficient (Wildman–Crippen LogP) is 4.19. The monoisotopic (exact) mass is 427 g/mol.